The summed E-state index contributed by atoms with van der Waals surface area (Å²) in [5.74, 6) is 0.145. The van der Waals surface area contributed by atoms with Crippen molar-refractivity contribution in [3.63, 3.8) is 0 Å². The second-order valence-corrected chi connectivity index (χ2v) is 6.92. The fraction of sp³-hybridized carbons (Fsp3) is 0.615. The van der Waals surface area contributed by atoms with Gasteiger partial charge in [0.05, 0.1) is 9.35 Å². The summed E-state index contributed by atoms with van der Waals surface area (Å²) in [6.07, 6.45) is 3.71. The van der Waals surface area contributed by atoms with Crippen LogP contribution >= 0.6 is 27.3 Å². The number of hydrogen-bond donors (Lipinski definition) is 1. The molecule has 1 aromatic rings. The Morgan fingerprint density at radius 3 is 3.00 bits per heavy atom. The van der Waals surface area contributed by atoms with Crippen molar-refractivity contribution in [1.29, 1.82) is 0 Å². The Hall–Kier alpha value is -0.390. The maximum atomic E-state index is 12.3. The summed E-state index contributed by atoms with van der Waals surface area (Å²) in [5, 5.41) is 5.41. The van der Waals surface area contributed by atoms with Crippen LogP contribution in [0.3, 0.4) is 0 Å². The van der Waals surface area contributed by atoms with Gasteiger partial charge in [-0.15, -0.1) is 11.3 Å². The quantitative estimate of drug-likeness (QED) is 0.919. The van der Waals surface area contributed by atoms with Gasteiger partial charge in [-0.05, 0) is 48.3 Å². The number of piperidine rings is 1. The number of thiophene rings is 1. The van der Waals surface area contributed by atoms with Crippen LogP contribution in [0.2, 0.25) is 0 Å². The van der Waals surface area contributed by atoms with E-state index >= 15 is 0 Å². The van der Waals surface area contributed by atoms with Crippen molar-refractivity contribution in [2.24, 2.45) is 0 Å². The van der Waals surface area contributed by atoms with E-state index in [4.69, 9.17) is 0 Å². The molecule has 0 bridgehead atoms. The number of rotatable bonds is 4. The zero-order valence-electron chi connectivity index (χ0n) is 10.6. The van der Waals surface area contributed by atoms with E-state index in [2.05, 4.69) is 21.2 Å². The van der Waals surface area contributed by atoms with E-state index in [9.17, 15) is 4.79 Å². The van der Waals surface area contributed by atoms with Crippen LogP contribution in [0.5, 0.6) is 0 Å². The van der Waals surface area contributed by atoms with E-state index in [1.165, 1.54) is 19.3 Å². The van der Waals surface area contributed by atoms with Gasteiger partial charge in [0.2, 0.25) is 0 Å². The number of halogens is 1. The molecule has 1 aromatic heterocycles. The maximum Gasteiger partial charge on any atom is 0.254 e. The Bertz CT molecular complexity index is 401. The van der Waals surface area contributed by atoms with Crippen molar-refractivity contribution in [3.8, 4) is 0 Å². The molecule has 1 unspecified atom stereocenters. The van der Waals surface area contributed by atoms with Crippen molar-refractivity contribution < 1.29 is 4.79 Å². The highest BCUT2D eigenvalue weighted by molar-refractivity contribution is 9.11. The Labute approximate surface area is 121 Å². The number of nitrogens with one attached hydrogen (secondary N) is 1. The van der Waals surface area contributed by atoms with E-state index in [0.717, 1.165) is 29.0 Å². The summed E-state index contributed by atoms with van der Waals surface area (Å²) in [7, 11) is 0. The molecule has 1 atom stereocenters. The third-order valence-corrected chi connectivity index (χ3v) is 4.84. The third-order valence-electron chi connectivity index (χ3n) is 3.34. The van der Waals surface area contributed by atoms with Gasteiger partial charge in [0, 0.05) is 24.5 Å². The molecule has 18 heavy (non-hydrogen) atoms. The number of hydrogen-bond acceptors (Lipinski definition) is 3. The molecule has 1 saturated heterocycles. The molecule has 100 valence electrons. The van der Waals surface area contributed by atoms with Gasteiger partial charge in [-0.2, -0.15) is 0 Å². The summed E-state index contributed by atoms with van der Waals surface area (Å²) in [6.45, 7) is 4.72. The summed E-state index contributed by atoms with van der Waals surface area (Å²) in [5.41, 5.74) is 0.796. The molecule has 1 aliphatic rings. The summed E-state index contributed by atoms with van der Waals surface area (Å²) in [4.78, 5) is 14.3. The number of likely N-dealkylation sites (N-methyl/N-ethyl adjacent to an activating group) is 1. The van der Waals surface area contributed by atoms with Crippen LogP contribution in [0.1, 0.15) is 36.5 Å². The fourth-order valence-corrected chi connectivity index (χ4v) is 3.44. The van der Waals surface area contributed by atoms with E-state index in [0.29, 0.717) is 6.04 Å². The predicted molar refractivity (Wildman–Crippen MR) is 79.2 cm³/mol. The SMILES string of the molecule is CCN(CC1CCCCN1)C(=O)c1csc(Br)c1. The topological polar surface area (TPSA) is 32.3 Å². The van der Waals surface area contributed by atoms with E-state index in [1.54, 1.807) is 11.3 Å². The Morgan fingerprint density at radius 2 is 2.44 bits per heavy atom. The first-order valence-electron chi connectivity index (χ1n) is 6.47. The normalized spacial score (nSPS) is 19.8. The minimum Gasteiger partial charge on any atom is -0.337 e. The number of nitrogens with zero attached hydrogens (tertiary/aromatic N) is 1. The Kier molecular flexibility index (Phi) is 5.21. The lowest BCUT2D eigenvalue weighted by atomic mass is 10.0. The second kappa shape index (κ2) is 6.68. The lowest BCUT2D eigenvalue weighted by Gasteiger charge is -2.29. The summed E-state index contributed by atoms with van der Waals surface area (Å²) >= 11 is 4.97. The van der Waals surface area contributed by atoms with Crippen LogP contribution in [0.25, 0.3) is 0 Å². The van der Waals surface area contributed by atoms with Gasteiger partial charge in [0.15, 0.2) is 0 Å². The zero-order chi connectivity index (χ0) is 13.0. The highest BCUT2D eigenvalue weighted by Gasteiger charge is 2.20. The fourth-order valence-electron chi connectivity index (χ4n) is 2.31. The molecule has 0 aliphatic carbocycles. The van der Waals surface area contributed by atoms with Crippen LogP contribution in [-0.2, 0) is 0 Å². The number of amides is 1. The average Bonchev–Trinajstić information content (AvgIpc) is 2.83. The van der Waals surface area contributed by atoms with Crippen LogP contribution in [-0.4, -0.2) is 36.5 Å². The average molecular weight is 331 g/mol. The lowest BCUT2D eigenvalue weighted by Crippen LogP contribution is -2.45. The van der Waals surface area contributed by atoms with Gasteiger partial charge in [0.1, 0.15) is 0 Å². The molecule has 2 heterocycles. The first kappa shape index (κ1) is 14.0. The second-order valence-electron chi connectivity index (χ2n) is 4.63. The van der Waals surface area contributed by atoms with Gasteiger partial charge in [-0.1, -0.05) is 6.42 Å². The zero-order valence-corrected chi connectivity index (χ0v) is 13.0. The summed E-state index contributed by atoms with van der Waals surface area (Å²) in [6, 6.07) is 2.37. The molecular weight excluding hydrogens is 312 g/mol. The van der Waals surface area contributed by atoms with Gasteiger partial charge in [-0.25, -0.2) is 0 Å². The minimum atomic E-state index is 0.145. The molecular formula is C13H19BrN2OS. The molecule has 5 heteroatoms. The number of carbonyl (C=O) groups excluding carboxylic acids is 1. The van der Waals surface area contributed by atoms with E-state index in [-0.39, 0.29) is 5.91 Å². The summed E-state index contributed by atoms with van der Waals surface area (Å²) < 4.78 is 1.01. The van der Waals surface area contributed by atoms with Crippen molar-refractivity contribution in [3.05, 3.63) is 20.8 Å². The van der Waals surface area contributed by atoms with Gasteiger partial charge < -0.3 is 10.2 Å². The van der Waals surface area contributed by atoms with Gasteiger partial charge >= 0.3 is 0 Å². The highest BCUT2D eigenvalue weighted by Crippen LogP contribution is 2.22. The molecule has 1 aliphatic heterocycles. The smallest absolute Gasteiger partial charge is 0.254 e. The standard InChI is InChI=1S/C13H19BrN2OS/c1-2-16(8-11-5-3-4-6-15-11)13(17)10-7-12(14)18-9-10/h7,9,11,15H,2-6,8H2,1H3. The van der Waals surface area contributed by atoms with E-state index in [1.807, 2.05) is 23.3 Å². The molecule has 0 aromatic carbocycles. The number of carbonyl (C=O) groups is 1. The van der Waals surface area contributed by atoms with Crippen LogP contribution in [0.15, 0.2) is 15.2 Å². The molecule has 1 N–H and O–H groups in total. The van der Waals surface area contributed by atoms with Crippen molar-refractivity contribution in [2.75, 3.05) is 19.6 Å². The highest BCUT2D eigenvalue weighted by atomic mass is 79.9. The first-order chi connectivity index (χ1) is 8.70. The molecule has 1 fully saturated rings. The van der Waals surface area contributed by atoms with Gasteiger partial charge in [-0.3, -0.25) is 4.79 Å². The molecule has 3 nitrogen and oxygen atoms in total. The maximum absolute atomic E-state index is 12.3. The molecule has 0 radical (unpaired) electrons. The largest absolute Gasteiger partial charge is 0.337 e. The van der Waals surface area contributed by atoms with Crippen molar-refractivity contribution >= 4 is 33.2 Å². The lowest BCUT2D eigenvalue weighted by molar-refractivity contribution is 0.0742. The predicted octanol–water partition coefficient (Wildman–Crippen LogP) is 3.11. The third kappa shape index (κ3) is 3.56. The molecule has 2 rings (SSSR count). The van der Waals surface area contributed by atoms with Crippen LogP contribution < -0.4 is 5.32 Å². The first-order valence-corrected chi connectivity index (χ1v) is 8.14. The Balaban J connectivity index is 1.97. The molecule has 0 saturated carbocycles. The van der Waals surface area contributed by atoms with Crippen LogP contribution in [0, 0.1) is 0 Å². The monoisotopic (exact) mass is 330 g/mol. The van der Waals surface area contributed by atoms with Crippen molar-refractivity contribution in [1.82, 2.24) is 10.2 Å². The molecule has 1 amide bonds. The minimum absolute atomic E-state index is 0.145. The molecule has 0 spiro atoms. The Morgan fingerprint density at radius 1 is 1.61 bits per heavy atom. The van der Waals surface area contributed by atoms with Crippen molar-refractivity contribution in [2.45, 2.75) is 32.2 Å². The van der Waals surface area contributed by atoms with E-state index < -0.39 is 0 Å². The van der Waals surface area contributed by atoms with Gasteiger partial charge in [0.25, 0.3) is 5.91 Å². The van der Waals surface area contributed by atoms with Crippen LogP contribution in [0.4, 0.5) is 0 Å².